The minimum absolute atomic E-state index is 0.00213. The molecule has 20 heavy (non-hydrogen) atoms. The number of anilines is 2. The van der Waals surface area contributed by atoms with Gasteiger partial charge >= 0.3 is 0 Å². The molecule has 0 radical (unpaired) electrons. The maximum atomic E-state index is 12.1. The lowest BCUT2D eigenvalue weighted by molar-refractivity contribution is -0.115. The van der Waals surface area contributed by atoms with E-state index < -0.39 is 0 Å². The van der Waals surface area contributed by atoms with Crippen molar-refractivity contribution in [1.82, 2.24) is 0 Å². The molecular weight excluding hydrogens is 363 g/mol. The Morgan fingerprint density at radius 1 is 1.15 bits per heavy atom. The molecule has 1 N–H and O–H groups in total. The van der Waals surface area contributed by atoms with Crippen LogP contribution in [-0.2, 0) is 4.79 Å². The summed E-state index contributed by atoms with van der Waals surface area (Å²) in [6.07, 6.45) is 0. The molecule has 0 saturated heterocycles. The molecule has 2 rings (SSSR count). The minimum atomic E-state index is -0.00213. The molecule has 0 spiro atoms. The van der Waals surface area contributed by atoms with Crippen LogP contribution in [0.25, 0.3) is 0 Å². The topological polar surface area (TPSA) is 32.3 Å². The van der Waals surface area contributed by atoms with E-state index in [1.54, 1.807) is 0 Å². The second kappa shape index (κ2) is 7.28. The molecule has 0 aliphatic rings. The average Bonchev–Trinajstić information content (AvgIpc) is 2.45. The predicted molar refractivity (Wildman–Crippen MR) is 92.1 cm³/mol. The van der Waals surface area contributed by atoms with Crippen molar-refractivity contribution in [3.05, 3.63) is 58.2 Å². The van der Waals surface area contributed by atoms with Crippen LogP contribution in [0.1, 0.15) is 6.92 Å². The average molecular weight is 380 g/mol. The molecular formula is C16H17IN2O. The van der Waals surface area contributed by atoms with Gasteiger partial charge in [0.1, 0.15) is 0 Å². The Balaban J connectivity index is 2.00. The van der Waals surface area contributed by atoms with Gasteiger partial charge in [-0.1, -0.05) is 24.3 Å². The van der Waals surface area contributed by atoms with Crippen molar-refractivity contribution in [1.29, 1.82) is 0 Å². The molecule has 3 nitrogen and oxygen atoms in total. The number of carbonyl (C=O) groups is 1. The van der Waals surface area contributed by atoms with Gasteiger partial charge in [0, 0.05) is 21.5 Å². The van der Waals surface area contributed by atoms with Crippen LogP contribution in [0.5, 0.6) is 0 Å². The van der Waals surface area contributed by atoms with Crippen molar-refractivity contribution in [3.8, 4) is 0 Å². The van der Waals surface area contributed by atoms with Crippen LogP contribution in [0.2, 0.25) is 0 Å². The molecule has 0 heterocycles. The first-order valence-corrected chi connectivity index (χ1v) is 7.62. The highest BCUT2D eigenvalue weighted by Crippen LogP contribution is 2.14. The summed E-state index contributed by atoms with van der Waals surface area (Å²) in [5.74, 6) is -0.00213. The zero-order chi connectivity index (χ0) is 14.4. The highest BCUT2D eigenvalue weighted by Gasteiger charge is 2.09. The van der Waals surface area contributed by atoms with E-state index in [-0.39, 0.29) is 5.91 Å². The molecule has 0 atom stereocenters. The molecule has 2 aromatic rings. The van der Waals surface area contributed by atoms with E-state index in [0.717, 1.165) is 21.5 Å². The quantitative estimate of drug-likeness (QED) is 0.802. The number of nitrogens with zero attached hydrogens (tertiary/aromatic N) is 1. The standard InChI is InChI=1S/C16H17IN2O/c1-2-19(15-9-4-3-5-10-15)12-16(20)18-14-8-6-7-13(17)11-14/h3-11H,2,12H2,1H3,(H,18,20). The van der Waals surface area contributed by atoms with E-state index in [1.165, 1.54) is 0 Å². The summed E-state index contributed by atoms with van der Waals surface area (Å²) in [4.78, 5) is 14.2. The van der Waals surface area contributed by atoms with Crippen LogP contribution in [0.4, 0.5) is 11.4 Å². The summed E-state index contributed by atoms with van der Waals surface area (Å²) in [5, 5.41) is 2.93. The first-order valence-electron chi connectivity index (χ1n) is 6.54. The molecule has 4 heteroatoms. The monoisotopic (exact) mass is 380 g/mol. The van der Waals surface area contributed by atoms with E-state index in [1.807, 2.05) is 66.4 Å². The van der Waals surface area contributed by atoms with Crippen molar-refractivity contribution in [2.45, 2.75) is 6.92 Å². The number of rotatable bonds is 5. The molecule has 0 saturated carbocycles. The van der Waals surface area contributed by atoms with Gasteiger partial charge in [-0.15, -0.1) is 0 Å². The fraction of sp³-hybridized carbons (Fsp3) is 0.188. The lowest BCUT2D eigenvalue weighted by Crippen LogP contribution is -2.33. The molecule has 0 aromatic heterocycles. The highest BCUT2D eigenvalue weighted by atomic mass is 127. The zero-order valence-corrected chi connectivity index (χ0v) is 13.5. The third-order valence-electron chi connectivity index (χ3n) is 2.95. The van der Waals surface area contributed by atoms with Crippen LogP contribution in [-0.4, -0.2) is 19.0 Å². The van der Waals surface area contributed by atoms with Crippen LogP contribution in [0.15, 0.2) is 54.6 Å². The van der Waals surface area contributed by atoms with Crippen molar-refractivity contribution >= 4 is 39.9 Å². The van der Waals surface area contributed by atoms with Crippen LogP contribution < -0.4 is 10.2 Å². The number of likely N-dealkylation sites (N-methyl/N-ethyl adjacent to an activating group) is 1. The Hall–Kier alpha value is -1.56. The van der Waals surface area contributed by atoms with Gasteiger partial charge in [-0.05, 0) is 59.8 Å². The van der Waals surface area contributed by atoms with Crippen LogP contribution in [0, 0.1) is 3.57 Å². The number of halogens is 1. The maximum absolute atomic E-state index is 12.1. The number of hydrogen-bond acceptors (Lipinski definition) is 2. The Kier molecular flexibility index (Phi) is 5.40. The Bertz CT molecular complexity index is 572. The first-order chi connectivity index (χ1) is 9.69. The van der Waals surface area contributed by atoms with Crippen LogP contribution >= 0.6 is 22.6 Å². The number of benzene rings is 2. The van der Waals surface area contributed by atoms with Gasteiger partial charge in [0.2, 0.25) is 5.91 Å². The van der Waals surface area contributed by atoms with E-state index in [0.29, 0.717) is 6.54 Å². The first kappa shape index (κ1) is 14.8. The van der Waals surface area contributed by atoms with Gasteiger partial charge in [-0.2, -0.15) is 0 Å². The van der Waals surface area contributed by atoms with Gasteiger partial charge in [0.25, 0.3) is 0 Å². The molecule has 1 amide bonds. The fourth-order valence-corrected chi connectivity index (χ4v) is 2.51. The number of hydrogen-bond donors (Lipinski definition) is 1. The summed E-state index contributed by atoms with van der Waals surface area (Å²) < 4.78 is 1.11. The van der Waals surface area contributed by atoms with Crippen molar-refractivity contribution < 1.29 is 4.79 Å². The summed E-state index contributed by atoms with van der Waals surface area (Å²) >= 11 is 2.23. The zero-order valence-electron chi connectivity index (χ0n) is 11.3. The Labute approximate surface area is 133 Å². The summed E-state index contributed by atoms with van der Waals surface area (Å²) in [6, 6.07) is 17.8. The van der Waals surface area contributed by atoms with E-state index in [9.17, 15) is 4.79 Å². The molecule has 104 valence electrons. The molecule has 0 unspecified atom stereocenters. The smallest absolute Gasteiger partial charge is 0.243 e. The Morgan fingerprint density at radius 3 is 2.55 bits per heavy atom. The number of carbonyl (C=O) groups excluding carboxylic acids is 1. The second-order valence-electron chi connectivity index (χ2n) is 4.41. The minimum Gasteiger partial charge on any atom is -0.362 e. The summed E-state index contributed by atoms with van der Waals surface area (Å²) in [7, 11) is 0. The normalized spacial score (nSPS) is 10.1. The molecule has 0 aliphatic heterocycles. The number of amides is 1. The molecule has 0 aliphatic carbocycles. The lowest BCUT2D eigenvalue weighted by Gasteiger charge is -2.22. The van der Waals surface area contributed by atoms with E-state index in [4.69, 9.17) is 0 Å². The van der Waals surface area contributed by atoms with Crippen LogP contribution in [0.3, 0.4) is 0 Å². The molecule has 2 aromatic carbocycles. The van der Waals surface area contributed by atoms with E-state index >= 15 is 0 Å². The summed E-state index contributed by atoms with van der Waals surface area (Å²) in [6.45, 7) is 3.20. The fourth-order valence-electron chi connectivity index (χ4n) is 1.96. The van der Waals surface area contributed by atoms with Gasteiger partial charge in [-0.3, -0.25) is 4.79 Å². The van der Waals surface area contributed by atoms with Gasteiger partial charge < -0.3 is 10.2 Å². The van der Waals surface area contributed by atoms with Gasteiger partial charge in [0.15, 0.2) is 0 Å². The maximum Gasteiger partial charge on any atom is 0.243 e. The second-order valence-corrected chi connectivity index (χ2v) is 5.65. The van der Waals surface area contributed by atoms with E-state index in [2.05, 4.69) is 27.9 Å². The molecule has 0 bridgehead atoms. The number of para-hydroxylation sites is 1. The third-order valence-corrected chi connectivity index (χ3v) is 3.62. The number of nitrogens with one attached hydrogen (secondary N) is 1. The molecule has 0 fully saturated rings. The van der Waals surface area contributed by atoms with Crippen molar-refractivity contribution in [2.24, 2.45) is 0 Å². The SMILES string of the molecule is CCN(CC(=O)Nc1cccc(I)c1)c1ccccc1. The van der Waals surface area contributed by atoms with Crippen molar-refractivity contribution in [2.75, 3.05) is 23.3 Å². The summed E-state index contributed by atoms with van der Waals surface area (Å²) in [5.41, 5.74) is 1.90. The largest absolute Gasteiger partial charge is 0.362 e. The lowest BCUT2D eigenvalue weighted by atomic mass is 10.2. The third kappa shape index (κ3) is 4.23. The van der Waals surface area contributed by atoms with Gasteiger partial charge in [-0.25, -0.2) is 0 Å². The predicted octanol–water partition coefficient (Wildman–Crippen LogP) is 3.76. The highest BCUT2D eigenvalue weighted by molar-refractivity contribution is 14.1. The Morgan fingerprint density at radius 2 is 1.90 bits per heavy atom. The van der Waals surface area contributed by atoms with Gasteiger partial charge in [0.05, 0.1) is 6.54 Å². The van der Waals surface area contributed by atoms with Crippen molar-refractivity contribution in [3.63, 3.8) is 0 Å².